The zero-order valence-corrected chi connectivity index (χ0v) is 14.4. The van der Waals surface area contributed by atoms with Gasteiger partial charge in [-0.25, -0.2) is 4.79 Å². The van der Waals surface area contributed by atoms with Gasteiger partial charge in [0.1, 0.15) is 6.04 Å². The van der Waals surface area contributed by atoms with Crippen molar-refractivity contribution in [1.29, 1.82) is 0 Å². The van der Waals surface area contributed by atoms with Crippen molar-refractivity contribution in [2.45, 2.75) is 43.9 Å². The summed E-state index contributed by atoms with van der Waals surface area (Å²) in [6.07, 6.45) is 1.39. The Balaban J connectivity index is 2.06. The van der Waals surface area contributed by atoms with Gasteiger partial charge in [0, 0.05) is 23.0 Å². The fourth-order valence-electron chi connectivity index (χ4n) is 2.92. The average Bonchev–Trinajstić information content (AvgIpc) is 3.06. The summed E-state index contributed by atoms with van der Waals surface area (Å²) in [5.41, 5.74) is 0. The zero-order valence-electron chi connectivity index (χ0n) is 12.7. The van der Waals surface area contributed by atoms with Crippen molar-refractivity contribution in [2.24, 2.45) is 5.92 Å². The van der Waals surface area contributed by atoms with Crippen molar-refractivity contribution in [3.05, 3.63) is 0 Å². The molecular weight excluding hydrogens is 326 g/mol. The topological polar surface area (TPSA) is 83.9 Å². The maximum Gasteiger partial charge on any atom is 0.326 e. The van der Waals surface area contributed by atoms with Crippen LogP contribution in [0.3, 0.4) is 0 Å². The molecule has 6 nitrogen and oxygen atoms in total. The second-order valence-corrected chi connectivity index (χ2v) is 8.66. The molecule has 0 aromatic rings. The van der Waals surface area contributed by atoms with Gasteiger partial charge < -0.3 is 14.7 Å². The molecule has 1 spiro atoms. The molecule has 124 valence electrons. The standard InChI is InChI=1S/C14H21NO5S2/c1-3-20-11(16)6-9(2)12(17)15-8-14(4-5-21-22-14)7-10(15)13(18)19/h9-10H,3-8H2,1-2H3,(H,18,19)/t9?,10-,14?/m0/s1. The molecule has 0 radical (unpaired) electrons. The number of ether oxygens (including phenoxy) is 1. The maximum atomic E-state index is 12.6. The van der Waals surface area contributed by atoms with Crippen molar-refractivity contribution in [3.8, 4) is 0 Å². The van der Waals surface area contributed by atoms with Gasteiger partial charge in [0.05, 0.1) is 13.0 Å². The Morgan fingerprint density at radius 2 is 2.18 bits per heavy atom. The summed E-state index contributed by atoms with van der Waals surface area (Å²) in [5.74, 6) is -1.23. The summed E-state index contributed by atoms with van der Waals surface area (Å²) in [7, 11) is 3.43. The number of nitrogens with zero attached hydrogens (tertiary/aromatic N) is 1. The molecule has 2 aliphatic rings. The second kappa shape index (κ2) is 7.12. The molecule has 0 aromatic carbocycles. The molecule has 3 atom stereocenters. The monoisotopic (exact) mass is 347 g/mol. The number of likely N-dealkylation sites (tertiary alicyclic amines) is 1. The first kappa shape index (κ1) is 17.5. The Hall–Kier alpha value is -0.890. The summed E-state index contributed by atoms with van der Waals surface area (Å²) >= 11 is 0. The zero-order chi connectivity index (χ0) is 16.3. The van der Waals surface area contributed by atoms with Crippen LogP contribution in [-0.4, -0.2) is 57.5 Å². The minimum atomic E-state index is -0.967. The van der Waals surface area contributed by atoms with Crippen molar-refractivity contribution in [3.63, 3.8) is 0 Å². The summed E-state index contributed by atoms with van der Waals surface area (Å²) in [6, 6.07) is -0.789. The summed E-state index contributed by atoms with van der Waals surface area (Å²) < 4.78 is 4.71. The normalized spacial score (nSPS) is 28.8. The molecule has 8 heteroatoms. The van der Waals surface area contributed by atoms with Gasteiger partial charge in [-0.3, -0.25) is 9.59 Å². The number of carbonyl (C=O) groups is 3. The maximum absolute atomic E-state index is 12.6. The van der Waals surface area contributed by atoms with E-state index >= 15 is 0 Å². The van der Waals surface area contributed by atoms with E-state index in [-0.39, 0.29) is 23.7 Å². The van der Waals surface area contributed by atoms with E-state index in [4.69, 9.17) is 4.74 Å². The number of carboxylic acids is 1. The van der Waals surface area contributed by atoms with Crippen LogP contribution in [0.25, 0.3) is 0 Å². The van der Waals surface area contributed by atoms with Crippen molar-refractivity contribution in [1.82, 2.24) is 4.90 Å². The van der Waals surface area contributed by atoms with Gasteiger partial charge in [-0.05, 0) is 19.8 Å². The van der Waals surface area contributed by atoms with Crippen LogP contribution in [0.1, 0.15) is 33.1 Å². The molecule has 2 rings (SSSR count). The Kier molecular flexibility index (Phi) is 5.65. The summed E-state index contributed by atoms with van der Waals surface area (Å²) in [6.45, 7) is 4.09. The lowest BCUT2D eigenvalue weighted by Gasteiger charge is -2.25. The number of aliphatic carboxylic acids is 1. The van der Waals surface area contributed by atoms with Gasteiger partial charge >= 0.3 is 11.9 Å². The van der Waals surface area contributed by atoms with E-state index in [1.165, 1.54) is 4.90 Å². The Labute approximate surface area is 137 Å². The molecule has 2 unspecified atom stereocenters. The number of carboxylic acid groups (broad SMARTS) is 1. The highest BCUT2D eigenvalue weighted by Crippen LogP contribution is 2.53. The van der Waals surface area contributed by atoms with Crippen LogP contribution in [0.2, 0.25) is 0 Å². The molecule has 0 saturated carbocycles. The highest BCUT2D eigenvalue weighted by atomic mass is 33.1. The number of carbonyl (C=O) groups excluding carboxylic acids is 2. The largest absolute Gasteiger partial charge is 0.480 e. The van der Waals surface area contributed by atoms with Gasteiger partial charge in [-0.1, -0.05) is 28.5 Å². The van der Waals surface area contributed by atoms with Crippen molar-refractivity contribution < 1.29 is 24.2 Å². The van der Waals surface area contributed by atoms with Gasteiger partial charge in [0.25, 0.3) is 0 Å². The molecule has 2 saturated heterocycles. The molecule has 1 N–H and O–H groups in total. The number of rotatable bonds is 5. The lowest BCUT2D eigenvalue weighted by molar-refractivity contribution is -0.152. The van der Waals surface area contributed by atoms with Crippen LogP contribution in [-0.2, 0) is 19.1 Å². The smallest absolute Gasteiger partial charge is 0.326 e. The second-order valence-electron chi connectivity index (χ2n) is 5.77. The average molecular weight is 347 g/mol. The fourth-order valence-corrected chi connectivity index (χ4v) is 6.32. The molecule has 22 heavy (non-hydrogen) atoms. The third-order valence-corrected chi connectivity index (χ3v) is 7.30. The molecule has 2 heterocycles. The Bertz CT molecular complexity index is 464. The molecule has 0 aromatic heterocycles. The molecule has 1 amide bonds. The quantitative estimate of drug-likeness (QED) is 0.599. The third kappa shape index (κ3) is 3.71. The van der Waals surface area contributed by atoms with Crippen LogP contribution < -0.4 is 0 Å². The van der Waals surface area contributed by atoms with E-state index < -0.39 is 23.9 Å². The Morgan fingerprint density at radius 3 is 2.73 bits per heavy atom. The first-order valence-corrected chi connectivity index (χ1v) is 9.70. The predicted molar refractivity (Wildman–Crippen MR) is 85.6 cm³/mol. The van der Waals surface area contributed by atoms with Gasteiger partial charge in [0.15, 0.2) is 0 Å². The van der Waals surface area contributed by atoms with Crippen LogP contribution >= 0.6 is 21.6 Å². The van der Waals surface area contributed by atoms with E-state index in [1.807, 2.05) is 0 Å². The number of hydrogen-bond acceptors (Lipinski definition) is 6. The number of esters is 1. The first-order valence-electron chi connectivity index (χ1n) is 7.38. The van der Waals surface area contributed by atoms with Crippen LogP contribution in [0, 0.1) is 5.92 Å². The highest BCUT2D eigenvalue weighted by Gasteiger charge is 2.51. The number of amides is 1. The molecular formula is C14H21NO5S2. The summed E-state index contributed by atoms with van der Waals surface area (Å²) in [4.78, 5) is 37.1. The predicted octanol–water partition coefficient (Wildman–Crippen LogP) is 1.79. The van der Waals surface area contributed by atoms with E-state index in [1.54, 1.807) is 35.4 Å². The first-order chi connectivity index (χ1) is 10.4. The molecule has 0 aliphatic carbocycles. The molecule has 2 fully saturated rings. The van der Waals surface area contributed by atoms with E-state index in [2.05, 4.69) is 0 Å². The van der Waals surface area contributed by atoms with Gasteiger partial charge in [-0.2, -0.15) is 0 Å². The third-order valence-electron chi connectivity index (χ3n) is 4.04. The van der Waals surface area contributed by atoms with Crippen LogP contribution in [0.15, 0.2) is 0 Å². The molecule has 2 aliphatic heterocycles. The van der Waals surface area contributed by atoms with Gasteiger partial charge in [0.2, 0.25) is 5.91 Å². The lowest BCUT2D eigenvalue weighted by atomic mass is 10.0. The van der Waals surface area contributed by atoms with E-state index in [0.29, 0.717) is 13.0 Å². The van der Waals surface area contributed by atoms with E-state index in [9.17, 15) is 19.5 Å². The minimum Gasteiger partial charge on any atom is -0.480 e. The van der Waals surface area contributed by atoms with Crippen molar-refractivity contribution in [2.75, 3.05) is 18.9 Å². The van der Waals surface area contributed by atoms with Crippen LogP contribution in [0.5, 0.6) is 0 Å². The lowest BCUT2D eigenvalue weighted by Crippen LogP contribution is -2.43. The Morgan fingerprint density at radius 1 is 1.45 bits per heavy atom. The minimum absolute atomic E-state index is 0.00952. The van der Waals surface area contributed by atoms with Crippen LogP contribution in [0.4, 0.5) is 0 Å². The fraction of sp³-hybridized carbons (Fsp3) is 0.786. The number of hydrogen-bond donors (Lipinski definition) is 1. The van der Waals surface area contributed by atoms with Gasteiger partial charge in [-0.15, -0.1) is 0 Å². The SMILES string of the molecule is CCOC(=O)CC(C)C(=O)N1CC2(CCSS2)C[C@H]1C(=O)O. The van der Waals surface area contributed by atoms with E-state index in [0.717, 1.165) is 12.2 Å². The summed E-state index contributed by atoms with van der Waals surface area (Å²) in [5, 5.41) is 9.42. The molecule has 0 bridgehead atoms. The van der Waals surface area contributed by atoms with Crippen molar-refractivity contribution >= 4 is 39.4 Å². The highest BCUT2D eigenvalue weighted by molar-refractivity contribution is 8.77.